The van der Waals surface area contributed by atoms with Gasteiger partial charge in [-0.25, -0.2) is 0 Å². The highest BCUT2D eigenvalue weighted by Crippen LogP contribution is 2.23. The lowest BCUT2D eigenvalue weighted by atomic mass is 10.1. The highest BCUT2D eigenvalue weighted by molar-refractivity contribution is 6.33. The van der Waals surface area contributed by atoms with Crippen LogP contribution in [0.1, 0.15) is 27.7 Å². The topological polar surface area (TPSA) is 82.2 Å². The normalized spacial score (nSPS) is 11.7. The van der Waals surface area contributed by atoms with Gasteiger partial charge in [0, 0.05) is 24.0 Å². The quantitative estimate of drug-likeness (QED) is 0.506. The molecule has 0 spiro atoms. The van der Waals surface area contributed by atoms with E-state index in [4.69, 9.17) is 17.3 Å². The van der Waals surface area contributed by atoms with E-state index in [0.29, 0.717) is 22.9 Å². The zero-order valence-corrected chi connectivity index (χ0v) is 14.0. The second kappa shape index (κ2) is 7.19. The number of nitrogens with one attached hydrogen (secondary N) is 1. The standard InChI is InChI=1S/C16H21ClN4O/c1-5-21(16(2,3)4)10-11(9-18)15(22)20-12-6-7-14(19)13(17)8-12/h6-8,10H,5,19H2,1-4H3,(H,20,22)/b11-10-. The van der Waals surface area contributed by atoms with Crippen molar-refractivity contribution < 1.29 is 4.79 Å². The number of amides is 1. The summed E-state index contributed by atoms with van der Waals surface area (Å²) in [5.74, 6) is -0.481. The zero-order chi connectivity index (χ0) is 16.9. The minimum Gasteiger partial charge on any atom is -0.398 e. The highest BCUT2D eigenvalue weighted by Gasteiger charge is 2.19. The largest absolute Gasteiger partial charge is 0.398 e. The molecule has 1 aromatic rings. The number of halogens is 1. The van der Waals surface area contributed by atoms with Gasteiger partial charge >= 0.3 is 0 Å². The number of nitrogens with zero attached hydrogens (tertiary/aromatic N) is 2. The second-order valence-electron chi connectivity index (χ2n) is 5.80. The van der Waals surface area contributed by atoms with Crippen molar-refractivity contribution in [1.82, 2.24) is 4.90 Å². The molecule has 0 unspecified atom stereocenters. The van der Waals surface area contributed by atoms with Gasteiger partial charge in [-0.15, -0.1) is 0 Å². The van der Waals surface area contributed by atoms with Crippen LogP contribution >= 0.6 is 11.6 Å². The molecule has 1 aromatic carbocycles. The maximum atomic E-state index is 12.2. The van der Waals surface area contributed by atoms with E-state index in [2.05, 4.69) is 5.32 Å². The molecule has 0 saturated heterocycles. The van der Waals surface area contributed by atoms with Crippen molar-refractivity contribution in [3.05, 3.63) is 35.0 Å². The first-order valence-electron chi connectivity index (χ1n) is 6.94. The lowest BCUT2D eigenvalue weighted by Crippen LogP contribution is -2.37. The summed E-state index contributed by atoms with van der Waals surface area (Å²) in [6.07, 6.45) is 1.58. The number of hydrogen-bond donors (Lipinski definition) is 2. The van der Waals surface area contributed by atoms with Crippen LogP contribution in [0.2, 0.25) is 5.02 Å². The Hall–Kier alpha value is -2.19. The fourth-order valence-electron chi connectivity index (χ4n) is 1.86. The number of nitrogen functional groups attached to an aromatic ring is 1. The van der Waals surface area contributed by atoms with E-state index in [1.54, 1.807) is 24.4 Å². The number of nitrogens with two attached hydrogens (primary N) is 1. The predicted octanol–water partition coefficient (Wildman–Crippen LogP) is 3.39. The molecular formula is C16H21ClN4O. The van der Waals surface area contributed by atoms with Crippen LogP contribution in [-0.2, 0) is 4.79 Å². The van der Waals surface area contributed by atoms with Crippen molar-refractivity contribution in [2.75, 3.05) is 17.6 Å². The molecular weight excluding hydrogens is 300 g/mol. The van der Waals surface area contributed by atoms with Gasteiger partial charge in [0.25, 0.3) is 5.91 Å². The SMILES string of the molecule is CCN(/C=C(/C#N)C(=O)Nc1ccc(N)c(Cl)c1)C(C)(C)C. The molecule has 0 aliphatic carbocycles. The maximum Gasteiger partial charge on any atom is 0.267 e. The molecule has 1 rings (SSSR count). The first-order valence-corrected chi connectivity index (χ1v) is 7.32. The minimum atomic E-state index is -0.481. The van der Waals surface area contributed by atoms with Crippen molar-refractivity contribution in [3.8, 4) is 6.07 Å². The predicted molar refractivity (Wildman–Crippen MR) is 90.3 cm³/mol. The Morgan fingerprint density at radius 2 is 2.14 bits per heavy atom. The molecule has 5 nitrogen and oxygen atoms in total. The van der Waals surface area contributed by atoms with E-state index >= 15 is 0 Å². The molecule has 118 valence electrons. The summed E-state index contributed by atoms with van der Waals surface area (Å²) in [6, 6.07) is 6.71. The molecule has 22 heavy (non-hydrogen) atoms. The molecule has 0 aliphatic rings. The van der Waals surface area contributed by atoms with Gasteiger partial charge in [-0.2, -0.15) is 5.26 Å². The Morgan fingerprint density at radius 3 is 2.59 bits per heavy atom. The van der Waals surface area contributed by atoms with Gasteiger partial charge in [-0.05, 0) is 45.9 Å². The van der Waals surface area contributed by atoms with Crippen molar-refractivity contribution in [2.24, 2.45) is 0 Å². The number of hydrogen-bond acceptors (Lipinski definition) is 4. The maximum absolute atomic E-state index is 12.2. The first kappa shape index (κ1) is 17.9. The van der Waals surface area contributed by atoms with Gasteiger partial charge in [-0.1, -0.05) is 11.6 Å². The Balaban J connectivity index is 2.98. The summed E-state index contributed by atoms with van der Waals surface area (Å²) >= 11 is 5.91. The number of carbonyl (C=O) groups is 1. The van der Waals surface area contributed by atoms with Gasteiger partial charge in [-0.3, -0.25) is 4.79 Å². The highest BCUT2D eigenvalue weighted by atomic mass is 35.5. The van der Waals surface area contributed by atoms with E-state index in [-0.39, 0.29) is 11.1 Å². The third-order valence-corrected chi connectivity index (χ3v) is 3.44. The molecule has 0 saturated carbocycles. The van der Waals surface area contributed by atoms with Crippen LogP contribution < -0.4 is 11.1 Å². The van der Waals surface area contributed by atoms with E-state index in [1.165, 1.54) is 0 Å². The molecule has 6 heteroatoms. The fraction of sp³-hybridized carbons (Fsp3) is 0.375. The lowest BCUT2D eigenvalue weighted by Gasteiger charge is -2.33. The van der Waals surface area contributed by atoms with Crippen molar-refractivity contribution in [2.45, 2.75) is 33.2 Å². The van der Waals surface area contributed by atoms with Gasteiger partial charge in [0.1, 0.15) is 11.6 Å². The number of rotatable bonds is 4. The molecule has 0 fully saturated rings. The number of anilines is 2. The number of benzene rings is 1. The number of carbonyl (C=O) groups excluding carboxylic acids is 1. The zero-order valence-electron chi connectivity index (χ0n) is 13.3. The van der Waals surface area contributed by atoms with Gasteiger partial charge < -0.3 is 16.0 Å². The van der Waals surface area contributed by atoms with Crippen LogP contribution in [0.25, 0.3) is 0 Å². The summed E-state index contributed by atoms with van der Waals surface area (Å²) in [6.45, 7) is 8.70. The second-order valence-corrected chi connectivity index (χ2v) is 6.21. The summed E-state index contributed by atoms with van der Waals surface area (Å²) < 4.78 is 0. The fourth-order valence-corrected chi connectivity index (χ4v) is 2.04. The summed E-state index contributed by atoms with van der Waals surface area (Å²) in [5.41, 5.74) is 6.40. The van der Waals surface area contributed by atoms with E-state index < -0.39 is 5.91 Å². The molecule has 0 atom stereocenters. The lowest BCUT2D eigenvalue weighted by molar-refractivity contribution is -0.112. The van der Waals surface area contributed by atoms with Crippen LogP contribution in [0.5, 0.6) is 0 Å². The van der Waals surface area contributed by atoms with E-state index in [9.17, 15) is 10.1 Å². The first-order chi connectivity index (χ1) is 10.2. The summed E-state index contributed by atoms with van der Waals surface area (Å²) in [4.78, 5) is 14.1. The van der Waals surface area contributed by atoms with Crippen LogP contribution in [-0.4, -0.2) is 22.9 Å². The third-order valence-electron chi connectivity index (χ3n) is 3.11. The van der Waals surface area contributed by atoms with Crippen molar-refractivity contribution in [3.63, 3.8) is 0 Å². The Morgan fingerprint density at radius 1 is 1.50 bits per heavy atom. The molecule has 0 aromatic heterocycles. The monoisotopic (exact) mass is 320 g/mol. The number of nitriles is 1. The molecule has 0 radical (unpaired) electrons. The van der Waals surface area contributed by atoms with E-state index in [0.717, 1.165) is 0 Å². The molecule has 0 heterocycles. The average molecular weight is 321 g/mol. The van der Waals surface area contributed by atoms with Crippen LogP contribution in [0.3, 0.4) is 0 Å². The Labute approximate surface area is 136 Å². The summed E-state index contributed by atoms with van der Waals surface area (Å²) in [5, 5.41) is 12.2. The smallest absolute Gasteiger partial charge is 0.267 e. The van der Waals surface area contributed by atoms with Gasteiger partial charge in [0.05, 0.1) is 10.7 Å². The summed E-state index contributed by atoms with van der Waals surface area (Å²) in [7, 11) is 0. The molecule has 1 amide bonds. The Bertz CT molecular complexity index is 626. The molecule has 3 N–H and O–H groups in total. The third kappa shape index (κ3) is 4.68. The van der Waals surface area contributed by atoms with Crippen molar-refractivity contribution in [1.29, 1.82) is 5.26 Å². The van der Waals surface area contributed by atoms with Gasteiger partial charge in [0.15, 0.2) is 0 Å². The Kier molecular flexibility index (Phi) is 5.84. The van der Waals surface area contributed by atoms with Crippen LogP contribution in [0.15, 0.2) is 30.0 Å². The molecule has 0 bridgehead atoms. The van der Waals surface area contributed by atoms with E-state index in [1.807, 2.05) is 38.7 Å². The van der Waals surface area contributed by atoms with Crippen LogP contribution in [0.4, 0.5) is 11.4 Å². The van der Waals surface area contributed by atoms with Gasteiger partial charge in [0.2, 0.25) is 0 Å². The van der Waals surface area contributed by atoms with Crippen LogP contribution in [0, 0.1) is 11.3 Å². The molecule has 0 aliphatic heterocycles. The van der Waals surface area contributed by atoms with Crippen molar-refractivity contribution >= 4 is 28.9 Å². The minimum absolute atomic E-state index is 0.0322. The average Bonchev–Trinajstić information content (AvgIpc) is 2.42.